The highest BCUT2D eigenvalue weighted by Crippen LogP contribution is 2.23. The van der Waals surface area contributed by atoms with Crippen molar-refractivity contribution in [1.29, 1.82) is 0 Å². The van der Waals surface area contributed by atoms with E-state index in [4.69, 9.17) is 4.74 Å². The van der Waals surface area contributed by atoms with Crippen LogP contribution < -0.4 is 5.32 Å². The third-order valence-corrected chi connectivity index (χ3v) is 6.29. The zero-order valence-corrected chi connectivity index (χ0v) is 16.2. The van der Waals surface area contributed by atoms with Crippen LogP contribution >= 0.6 is 11.3 Å². The van der Waals surface area contributed by atoms with Crippen molar-refractivity contribution < 1.29 is 22.7 Å². The van der Waals surface area contributed by atoms with Gasteiger partial charge in [0.15, 0.2) is 15.0 Å². The van der Waals surface area contributed by atoms with Gasteiger partial charge in [0.1, 0.15) is 4.88 Å². The van der Waals surface area contributed by atoms with Gasteiger partial charge in [0.05, 0.1) is 22.9 Å². The van der Waals surface area contributed by atoms with Crippen LogP contribution in [0, 0.1) is 6.92 Å². The minimum Gasteiger partial charge on any atom is -0.462 e. The number of anilines is 1. The molecule has 0 saturated carbocycles. The van der Waals surface area contributed by atoms with Crippen LogP contribution in [0.1, 0.15) is 35.1 Å². The number of amides is 1. The Kier molecular flexibility index (Phi) is 6.87. The molecule has 1 amide bonds. The van der Waals surface area contributed by atoms with Crippen LogP contribution in [-0.4, -0.2) is 37.6 Å². The van der Waals surface area contributed by atoms with Crippen LogP contribution in [0.4, 0.5) is 5.13 Å². The lowest BCUT2D eigenvalue weighted by Crippen LogP contribution is -2.14. The Hall–Kier alpha value is -2.26. The standard InChI is InChI=1S/C17H20N2O5S2/c1-3-24-16(21)15-12(2)18-17(25-15)19-14(20)10-7-11-26(22,23)13-8-5-4-6-9-13/h4-6,8-9H,3,7,10-11H2,1-2H3,(H,18,19,20). The van der Waals surface area contributed by atoms with Gasteiger partial charge in [-0.3, -0.25) is 4.79 Å². The van der Waals surface area contributed by atoms with E-state index in [0.29, 0.717) is 15.7 Å². The lowest BCUT2D eigenvalue weighted by atomic mass is 10.3. The van der Waals surface area contributed by atoms with E-state index in [1.807, 2.05) is 0 Å². The zero-order valence-electron chi connectivity index (χ0n) is 14.5. The average molecular weight is 396 g/mol. The number of ether oxygens (including phenoxy) is 1. The fourth-order valence-electron chi connectivity index (χ4n) is 2.19. The molecule has 26 heavy (non-hydrogen) atoms. The van der Waals surface area contributed by atoms with Gasteiger partial charge < -0.3 is 10.1 Å². The highest BCUT2D eigenvalue weighted by Gasteiger charge is 2.18. The molecule has 0 aliphatic rings. The van der Waals surface area contributed by atoms with Gasteiger partial charge >= 0.3 is 5.97 Å². The molecule has 0 aliphatic carbocycles. The van der Waals surface area contributed by atoms with Gasteiger partial charge in [-0.15, -0.1) is 0 Å². The number of thiazole rings is 1. The van der Waals surface area contributed by atoms with Crippen LogP contribution in [0.3, 0.4) is 0 Å². The molecular weight excluding hydrogens is 376 g/mol. The maximum absolute atomic E-state index is 12.2. The SMILES string of the molecule is CCOC(=O)c1sc(NC(=O)CCCS(=O)(=O)c2ccccc2)nc1C. The first-order chi connectivity index (χ1) is 12.3. The van der Waals surface area contributed by atoms with Crippen molar-refractivity contribution in [2.75, 3.05) is 17.7 Å². The number of aromatic nitrogens is 1. The first kappa shape index (κ1) is 20.1. The third kappa shape index (κ3) is 5.37. The largest absolute Gasteiger partial charge is 0.462 e. The van der Waals surface area contributed by atoms with Crippen LogP contribution in [-0.2, 0) is 19.4 Å². The Morgan fingerprint density at radius 1 is 1.23 bits per heavy atom. The molecule has 0 atom stereocenters. The topological polar surface area (TPSA) is 102 Å². The van der Waals surface area contributed by atoms with E-state index in [1.54, 1.807) is 32.0 Å². The summed E-state index contributed by atoms with van der Waals surface area (Å²) >= 11 is 1.04. The second kappa shape index (κ2) is 8.91. The first-order valence-corrected chi connectivity index (χ1v) is 10.5. The molecule has 2 aromatic rings. The highest BCUT2D eigenvalue weighted by molar-refractivity contribution is 7.91. The van der Waals surface area contributed by atoms with Crippen LogP contribution in [0.5, 0.6) is 0 Å². The van der Waals surface area contributed by atoms with Crippen molar-refractivity contribution in [2.45, 2.75) is 31.6 Å². The fraction of sp³-hybridized carbons (Fsp3) is 0.353. The number of hydrogen-bond donors (Lipinski definition) is 1. The summed E-state index contributed by atoms with van der Waals surface area (Å²) in [6.07, 6.45) is 0.234. The first-order valence-electron chi connectivity index (χ1n) is 8.05. The number of sulfone groups is 1. The summed E-state index contributed by atoms with van der Waals surface area (Å²) in [6, 6.07) is 8.12. The smallest absolute Gasteiger partial charge is 0.350 e. The fourth-order valence-corrected chi connectivity index (χ4v) is 4.39. The van der Waals surface area contributed by atoms with Crippen molar-refractivity contribution >= 4 is 38.2 Å². The Balaban J connectivity index is 1.88. The van der Waals surface area contributed by atoms with E-state index < -0.39 is 15.8 Å². The second-order valence-electron chi connectivity index (χ2n) is 5.44. The predicted molar refractivity (Wildman–Crippen MR) is 99.2 cm³/mol. The number of carbonyl (C=O) groups is 2. The minimum absolute atomic E-state index is 0.0411. The molecule has 1 aromatic carbocycles. The Labute approximate surface area is 156 Å². The van der Waals surface area contributed by atoms with Gasteiger partial charge in [-0.05, 0) is 32.4 Å². The summed E-state index contributed by atoms with van der Waals surface area (Å²) in [5, 5.41) is 2.89. The molecule has 0 radical (unpaired) electrons. The molecule has 0 spiro atoms. The normalized spacial score (nSPS) is 11.2. The van der Waals surface area contributed by atoms with E-state index in [9.17, 15) is 18.0 Å². The molecule has 0 saturated heterocycles. The van der Waals surface area contributed by atoms with Crippen molar-refractivity contribution in [1.82, 2.24) is 4.98 Å². The molecule has 1 heterocycles. The van der Waals surface area contributed by atoms with E-state index >= 15 is 0 Å². The molecular formula is C17H20N2O5S2. The average Bonchev–Trinajstić information content (AvgIpc) is 2.96. The molecule has 140 valence electrons. The van der Waals surface area contributed by atoms with Gasteiger partial charge in [-0.2, -0.15) is 0 Å². The summed E-state index contributed by atoms with van der Waals surface area (Å²) in [4.78, 5) is 28.5. The number of nitrogens with one attached hydrogen (secondary N) is 1. The van der Waals surface area contributed by atoms with Crippen molar-refractivity contribution in [3.63, 3.8) is 0 Å². The number of carbonyl (C=O) groups excluding carboxylic acids is 2. The van der Waals surface area contributed by atoms with E-state index in [2.05, 4.69) is 10.3 Å². The predicted octanol–water partition coefficient (Wildman–Crippen LogP) is 2.82. The minimum atomic E-state index is -3.40. The molecule has 0 aliphatic heterocycles. The monoisotopic (exact) mass is 396 g/mol. The maximum Gasteiger partial charge on any atom is 0.350 e. The zero-order chi connectivity index (χ0) is 19.2. The number of nitrogens with zero attached hydrogens (tertiary/aromatic N) is 1. The number of aryl methyl sites for hydroxylation is 1. The van der Waals surface area contributed by atoms with Gasteiger partial charge in [0.25, 0.3) is 0 Å². The Bertz CT molecular complexity index is 876. The molecule has 0 bridgehead atoms. The lowest BCUT2D eigenvalue weighted by molar-refractivity contribution is -0.116. The summed E-state index contributed by atoms with van der Waals surface area (Å²) in [6.45, 7) is 3.62. The van der Waals surface area contributed by atoms with E-state index in [-0.39, 0.29) is 36.0 Å². The van der Waals surface area contributed by atoms with Crippen LogP contribution in [0.25, 0.3) is 0 Å². The molecule has 7 nitrogen and oxygen atoms in total. The summed E-state index contributed by atoms with van der Waals surface area (Å²) in [5.74, 6) is -0.940. The van der Waals surface area contributed by atoms with E-state index in [1.165, 1.54) is 12.1 Å². The summed E-state index contributed by atoms with van der Waals surface area (Å²) in [5.41, 5.74) is 0.482. The quantitative estimate of drug-likeness (QED) is 0.688. The Morgan fingerprint density at radius 3 is 2.58 bits per heavy atom. The molecule has 2 rings (SSSR count). The number of esters is 1. The highest BCUT2D eigenvalue weighted by atomic mass is 32.2. The second-order valence-corrected chi connectivity index (χ2v) is 8.55. The van der Waals surface area contributed by atoms with Gasteiger partial charge in [0, 0.05) is 6.42 Å². The van der Waals surface area contributed by atoms with Crippen molar-refractivity contribution in [3.8, 4) is 0 Å². The molecule has 0 fully saturated rings. The van der Waals surface area contributed by atoms with Crippen molar-refractivity contribution in [3.05, 3.63) is 40.9 Å². The van der Waals surface area contributed by atoms with E-state index in [0.717, 1.165) is 11.3 Å². The van der Waals surface area contributed by atoms with Crippen LogP contribution in [0.15, 0.2) is 35.2 Å². The molecule has 1 N–H and O–H groups in total. The van der Waals surface area contributed by atoms with Gasteiger partial charge in [-0.1, -0.05) is 29.5 Å². The summed E-state index contributed by atoms with van der Waals surface area (Å²) < 4.78 is 29.2. The number of rotatable bonds is 8. The third-order valence-electron chi connectivity index (χ3n) is 3.42. The van der Waals surface area contributed by atoms with Gasteiger partial charge in [-0.25, -0.2) is 18.2 Å². The van der Waals surface area contributed by atoms with Crippen LogP contribution in [0.2, 0.25) is 0 Å². The summed E-state index contributed by atoms with van der Waals surface area (Å²) in [7, 11) is -3.40. The number of hydrogen-bond acceptors (Lipinski definition) is 7. The maximum atomic E-state index is 12.2. The lowest BCUT2D eigenvalue weighted by Gasteiger charge is -2.04. The molecule has 0 unspecified atom stereocenters. The Morgan fingerprint density at radius 2 is 1.92 bits per heavy atom. The molecule has 9 heteroatoms. The number of benzene rings is 1. The molecule has 1 aromatic heterocycles. The van der Waals surface area contributed by atoms with Gasteiger partial charge in [0.2, 0.25) is 5.91 Å². The van der Waals surface area contributed by atoms with Crippen molar-refractivity contribution in [2.24, 2.45) is 0 Å².